The zero-order valence-corrected chi connectivity index (χ0v) is 23.4. The first-order valence-electron chi connectivity index (χ1n) is 13.5. The van der Waals surface area contributed by atoms with Gasteiger partial charge in [-0.2, -0.15) is 0 Å². The van der Waals surface area contributed by atoms with Gasteiger partial charge < -0.3 is 15.4 Å². The van der Waals surface area contributed by atoms with Crippen molar-refractivity contribution in [2.75, 3.05) is 32.0 Å². The summed E-state index contributed by atoms with van der Waals surface area (Å²) in [7, 11) is 0. The van der Waals surface area contributed by atoms with Crippen LogP contribution in [0.5, 0.6) is 0 Å². The summed E-state index contributed by atoms with van der Waals surface area (Å²) >= 11 is 6.26. The molecule has 39 heavy (non-hydrogen) atoms. The Morgan fingerprint density at radius 2 is 1.72 bits per heavy atom. The second kappa shape index (κ2) is 13.1. The number of hydrogen-bond donors (Lipinski definition) is 2. The van der Waals surface area contributed by atoms with Crippen molar-refractivity contribution in [3.63, 3.8) is 0 Å². The van der Waals surface area contributed by atoms with Crippen molar-refractivity contribution in [1.29, 1.82) is 0 Å². The van der Waals surface area contributed by atoms with Gasteiger partial charge in [-0.15, -0.1) is 0 Å². The molecular weight excluding hydrogens is 516 g/mol. The molecule has 0 saturated carbocycles. The van der Waals surface area contributed by atoms with E-state index in [9.17, 15) is 14.7 Å². The van der Waals surface area contributed by atoms with E-state index in [4.69, 9.17) is 22.3 Å². The highest BCUT2D eigenvalue weighted by Gasteiger charge is 2.22. The Balaban J connectivity index is 1.86. The normalized spacial score (nSPS) is 11.6. The minimum atomic E-state index is -0.348. The molecule has 0 aliphatic carbocycles. The fourth-order valence-corrected chi connectivity index (χ4v) is 5.11. The Morgan fingerprint density at radius 1 is 0.949 bits per heavy atom. The number of aryl methyl sites for hydroxylation is 2. The first kappa shape index (κ1) is 28.6. The lowest BCUT2D eigenvalue weighted by atomic mass is 10.1. The third kappa shape index (κ3) is 6.61. The Bertz CT molecular complexity index is 1520. The van der Waals surface area contributed by atoms with E-state index in [1.807, 2.05) is 66.9 Å². The standard InChI is InChI=1S/C29H37ClN6O3/c1-3-13-36-28(38)26-27(35(29(36)39)14-12-21-8-10-24(31)11-9-21)32-25(20-22-6-5-7-23(30)19-22)34(26)16-15-33(4-2)17-18-37/h5-11,19,37H,3-4,12-18,20,31H2,1-2H3. The van der Waals surface area contributed by atoms with Crippen molar-refractivity contribution in [2.45, 2.75) is 52.7 Å². The highest BCUT2D eigenvalue weighted by molar-refractivity contribution is 6.30. The highest BCUT2D eigenvalue weighted by Crippen LogP contribution is 2.19. The van der Waals surface area contributed by atoms with E-state index in [0.717, 1.165) is 17.7 Å². The molecule has 0 saturated heterocycles. The van der Waals surface area contributed by atoms with Crippen LogP contribution in [0.25, 0.3) is 11.2 Å². The number of aliphatic hydroxyl groups is 1. The molecule has 208 valence electrons. The number of aliphatic hydroxyl groups excluding tert-OH is 1. The molecule has 2 aromatic carbocycles. The first-order valence-corrected chi connectivity index (χ1v) is 13.9. The molecule has 0 radical (unpaired) electrons. The van der Waals surface area contributed by atoms with Crippen LogP contribution in [-0.4, -0.2) is 54.9 Å². The Hall–Kier alpha value is -3.40. The number of benzene rings is 2. The molecule has 4 aromatic rings. The minimum absolute atomic E-state index is 0.0574. The zero-order valence-electron chi connectivity index (χ0n) is 22.6. The summed E-state index contributed by atoms with van der Waals surface area (Å²) in [6.45, 7) is 7.19. The first-order chi connectivity index (χ1) is 18.9. The van der Waals surface area contributed by atoms with Crippen molar-refractivity contribution >= 4 is 28.5 Å². The Morgan fingerprint density at radius 3 is 2.38 bits per heavy atom. The molecule has 10 heteroatoms. The van der Waals surface area contributed by atoms with E-state index in [2.05, 4.69) is 4.90 Å². The van der Waals surface area contributed by atoms with Crippen LogP contribution in [0.3, 0.4) is 0 Å². The molecular formula is C29H37ClN6O3. The molecule has 0 aliphatic heterocycles. The van der Waals surface area contributed by atoms with Gasteiger partial charge in [-0.3, -0.25) is 18.8 Å². The number of fused-ring (bicyclic) bond motifs is 1. The van der Waals surface area contributed by atoms with Gasteiger partial charge in [-0.25, -0.2) is 9.78 Å². The summed E-state index contributed by atoms with van der Waals surface area (Å²) in [6.07, 6.45) is 1.71. The molecule has 0 atom stereocenters. The summed E-state index contributed by atoms with van der Waals surface area (Å²) in [5.41, 5.74) is 8.68. The summed E-state index contributed by atoms with van der Waals surface area (Å²) < 4.78 is 4.91. The van der Waals surface area contributed by atoms with E-state index in [1.165, 1.54) is 4.57 Å². The molecule has 0 spiro atoms. The van der Waals surface area contributed by atoms with Gasteiger partial charge in [0.15, 0.2) is 11.2 Å². The molecule has 0 unspecified atom stereocenters. The predicted molar refractivity (Wildman–Crippen MR) is 157 cm³/mol. The molecule has 0 amide bonds. The van der Waals surface area contributed by atoms with Crippen LogP contribution in [0.4, 0.5) is 5.69 Å². The topological polar surface area (TPSA) is 111 Å². The quantitative estimate of drug-likeness (QED) is 0.246. The van der Waals surface area contributed by atoms with Gasteiger partial charge in [0.2, 0.25) is 0 Å². The lowest BCUT2D eigenvalue weighted by Crippen LogP contribution is -2.41. The molecule has 0 bridgehead atoms. The maximum Gasteiger partial charge on any atom is 0.332 e. The molecule has 4 rings (SSSR count). The number of imidazole rings is 1. The molecule has 3 N–H and O–H groups in total. The third-order valence-electron chi connectivity index (χ3n) is 7.00. The molecule has 9 nitrogen and oxygen atoms in total. The van der Waals surface area contributed by atoms with Gasteiger partial charge in [0.25, 0.3) is 5.56 Å². The van der Waals surface area contributed by atoms with Crippen molar-refractivity contribution in [1.82, 2.24) is 23.6 Å². The number of halogens is 1. The van der Waals surface area contributed by atoms with Crippen LogP contribution in [-0.2, 0) is 32.5 Å². The van der Waals surface area contributed by atoms with E-state index >= 15 is 0 Å². The largest absolute Gasteiger partial charge is 0.399 e. The van der Waals surface area contributed by atoms with Gasteiger partial charge in [-0.05, 0) is 54.8 Å². The number of nitrogen functional groups attached to an aromatic ring is 1. The number of rotatable bonds is 13. The fourth-order valence-electron chi connectivity index (χ4n) is 4.90. The van der Waals surface area contributed by atoms with E-state index in [1.54, 1.807) is 4.57 Å². The maximum atomic E-state index is 13.8. The zero-order chi connectivity index (χ0) is 27.9. The molecule has 0 fully saturated rings. The van der Waals surface area contributed by atoms with Gasteiger partial charge in [0.05, 0.1) is 6.61 Å². The predicted octanol–water partition coefficient (Wildman–Crippen LogP) is 3.15. The third-order valence-corrected chi connectivity index (χ3v) is 7.23. The minimum Gasteiger partial charge on any atom is -0.399 e. The van der Waals surface area contributed by atoms with Crippen molar-refractivity contribution in [3.8, 4) is 0 Å². The monoisotopic (exact) mass is 552 g/mol. The number of nitrogens with zero attached hydrogens (tertiary/aromatic N) is 5. The summed E-state index contributed by atoms with van der Waals surface area (Å²) in [6, 6.07) is 15.2. The second-order valence-corrected chi connectivity index (χ2v) is 10.1. The smallest absolute Gasteiger partial charge is 0.332 e. The van der Waals surface area contributed by atoms with E-state index in [-0.39, 0.29) is 17.9 Å². The van der Waals surface area contributed by atoms with Crippen molar-refractivity contribution < 1.29 is 5.11 Å². The summed E-state index contributed by atoms with van der Waals surface area (Å²) in [5.74, 6) is 0.694. The van der Waals surface area contributed by atoms with Crippen LogP contribution in [0, 0.1) is 0 Å². The van der Waals surface area contributed by atoms with Gasteiger partial charge >= 0.3 is 5.69 Å². The molecule has 0 aliphatic rings. The SMILES string of the molecule is CCCn1c(=O)c2c(nc(Cc3cccc(Cl)c3)n2CCN(CC)CCO)n(CCc2ccc(N)cc2)c1=O. The van der Waals surface area contributed by atoms with Crippen LogP contribution in [0.2, 0.25) is 5.02 Å². The average molecular weight is 553 g/mol. The number of aromatic nitrogens is 4. The van der Waals surface area contributed by atoms with Crippen molar-refractivity contribution in [2.24, 2.45) is 0 Å². The maximum absolute atomic E-state index is 13.8. The average Bonchev–Trinajstić information content (AvgIpc) is 3.27. The van der Waals surface area contributed by atoms with Crippen LogP contribution < -0.4 is 17.0 Å². The summed E-state index contributed by atoms with van der Waals surface area (Å²) in [4.78, 5) is 34.4. The number of hydrogen-bond acceptors (Lipinski definition) is 6. The summed E-state index contributed by atoms with van der Waals surface area (Å²) in [5, 5.41) is 10.1. The van der Waals surface area contributed by atoms with E-state index in [0.29, 0.717) is 79.7 Å². The van der Waals surface area contributed by atoms with Gasteiger partial charge in [0.1, 0.15) is 5.82 Å². The van der Waals surface area contributed by atoms with Crippen LogP contribution in [0.15, 0.2) is 58.1 Å². The highest BCUT2D eigenvalue weighted by atomic mass is 35.5. The van der Waals surface area contributed by atoms with Crippen LogP contribution >= 0.6 is 11.6 Å². The molecule has 2 aromatic heterocycles. The number of anilines is 1. The second-order valence-electron chi connectivity index (χ2n) is 9.70. The van der Waals surface area contributed by atoms with Gasteiger partial charge in [-0.1, -0.05) is 49.7 Å². The lowest BCUT2D eigenvalue weighted by Gasteiger charge is -2.20. The van der Waals surface area contributed by atoms with Crippen molar-refractivity contribution in [3.05, 3.63) is 91.3 Å². The Labute approximate surface area is 233 Å². The van der Waals surface area contributed by atoms with E-state index < -0.39 is 0 Å². The van der Waals surface area contributed by atoms with Crippen LogP contribution in [0.1, 0.15) is 37.2 Å². The fraction of sp³-hybridized carbons (Fsp3) is 0.414. The Kier molecular flexibility index (Phi) is 9.61. The lowest BCUT2D eigenvalue weighted by molar-refractivity contribution is 0.197. The number of likely N-dealkylation sites (N-methyl/N-ethyl adjacent to an activating group) is 1. The number of nitrogens with two attached hydrogens (primary N) is 1. The van der Waals surface area contributed by atoms with Gasteiger partial charge in [0, 0.05) is 49.9 Å². The molecule has 2 heterocycles.